The van der Waals surface area contributed by atoms with Crippen molar-refractivity contribution < 1.29 is 33.2 Å². The second-order valence-electron chi connectivity index (χ2n) is 14.3. The van der Waals surface area contributed by atoms with Crippen molar-refractivity contribution in [3.05, 3.63) is 106 Å². The van der Waals surface area contributed by atoms with Gasteiger partial charge in [0.1, 0.15) is 11.5 Å². The maximum atomic E-state index is 13.8. The van der Waals surface area contributed by atoms with Crippen LogP contribution in [-0.4, -0.2) is 76.4 Å². The lowest BCUT2D eigenvalue weighted by Crippen LogP contribution is -2.39. The first-order chi connectivity index (χ1) is 25.3. The van der Waals surface area contributed by atoms with Gasteiger partial charge in [0, 0.05) is 44.0 Å². The molecular weight excluding hydrogens is 656 g/mol. The van der Waals surface area contributed by atoms with Crippen molar-refractivity contribution >= 4 is 5.97 Å². The quantitative estimate of drug-likeness (QED) is 0.197. The molecule has 5 aliphatic rings. The zero-order chi connectivity index (χ0) is 36.4. The second kappa shape index (κ2) is 15.6. The fraction of sp³-hybridized carbons (Fsp3) is 0.419. The monoisotopic (exact) mass is 706 g/mol. The van der Waals surface area contributed by atoms with Gasteiger partial charge in [-0.3, -0.25) is 14.6 Å². The first-order valence-electron chi connectivity index (χ1n) is 18.3. The highest BCUT2D eigenvalue weighted by Gasteiger charge is 2.36. The van der Waals surface area contributed by atoms with Gasteiger partial charge in [0.15, 0.2) is 23.0 Å². The summed E-state index contributed by atoms with van der Waals surface area (Å²) in [6, 6.07) is 16.4. The zero-order valence-electron chi connectivity index (χ0n) is 31.0. The molecule has 9 nitrogen and oxygen atoms in total. The predicted molar refractivity (Wildman–Crippen MR) is 201 cm³/mol. The van der Waals surface area contributed by atoms with Gasteiger partial charge in [-0.25, -0.2) is 0 Å². The molecule has 52 heavy (non-hydrogen) atoms. The maximum absolute atomic E-state index is 13.8. The topological polar surface area (TPSA) is 78.9 Å². The molecule has 0 aliphatic carbocycles. The average molecular weight is 707 g/mol. The molecule has 3 aromatic carbocycles. The van der Waals surface area contributed by atoms with Crippen molar-refractivity contribution in [2.75, 3.05) is 54.6 Å². The summed E-state index contributed by atoms with van der Waals surface area (Å²) in [5.74, 6) is 3.50. The van der Waals surface area contributed by atoms with Crippen LogP contribution in [0, 0.1) is 5.92 Å². The number of hydrogen-bond donors (Lipinski definition) is 0. The van der Waals surface area contributed by atoms with Crippen molar-refractivity contribution in [2.45, 2.75) is 57.5 Å². The van der Waals surface area contributed by atoms with E-state index in [-0.39, 0.29) is 24.0 Å². The third-order valence-electron chi connectivity index (χ3n) is 11.0. The third-order valence-corrected chi connectivity index (χ3v) is 11.0. The van der Waals surface area contributed by atoms with Crippen molar-refractivity contribution in [1.82, 2.24) is 9.80 Å². The number of fused-ring (bicyclic) bond motifs is 3. The van der Waals surface area contributed by atoms with Crippen molar-refractivity contribution in [3.8, 4) is 34.5 Å². The minimum atomic E-state index is -0.295. The summed E-state index contributed by atoms with van der Waals surface area (Å²) in [5.41, 5.74) is 6.71. The van der Waals surface area contributed by atoms with Gasteiger partial charge in [-0.1, -0.05) is 30.9 Å². The Kier molecular flexibility index (Phi) is 10.7. The summed E-state index contributed by atoms with van der Waals surface area (Å²) in [7, 11) is 7.58. The standard InChI is InChI=1S/C43H50N2O7/c1-7-30-14-18-44(3)35-23-28-8-11-33(12-9-28)51-38-25-29(10-13-37(38)47-5)24-36-40-32(15-19-45(36)4)26-39(48-6)41(42(40)50-27(2)22-34(30)35)52-43(46)31-16-20-49-21-17-31/h7-13,22,25-26,31,35-36H,1,14-21,23-24H2,2-6H3/b27-22+/t35-,36-/m0/s1. The van der Waals surface area contributed by atoms with Crippen molar-refractivity contribution in [2.24, 2.45) is 5.92 Å². The first-order valence-corrected chi connectivity index (χ1v) is 18.3. The smallest absolute Gasteiger partial charge is 0.314 e. The molecule has 0 spiro atoms. The number of likely N-dealkylation sites (N-methyl/N-ethyl adjacent to an activating group) is 2. The molecule has 2 atom stereocenters. The molecule has 0 amide bonds. The van der Waals surface area contributed by atoms with Crippen LogP contribution in [0.25, 0.3) is 0 Å². The van der Waals surface area contributed by atoms with Crippen LogP contribution in [0.5, 0.6) is 34.5 Å². The number of allylic oxidation sites excluding steroid dienone is 2. The minimum absolute atomic E-state index is 0.0895. The average Bonchev–Trinajstić information content (AvgIpc) is 3.15. The van der Waals surface area contributed by atoms with E-state index < -0.39 is 0 Å². The number of carbonyl (C=O) groups is 1. The Morgan fingerprint density at radius 1 is 0.865 bits per heavy atom. The van der Waals surface area contributed by atoms with E-state index in [0.717, 1.165) is 60.4 Å². The van der Waals surface area contributed by atoms with Gasteiger partial charge in [-0.15, -0.1) is 0 Å². The Bertz CT molecular complexity index is 1870. The van der Waals surface area contributed by atoms with E-state index in [1.807, 2.05) is 37.3 Å². The van der Waals surface area contributed by atoms with Crippen molar-refractivity contribution in [1.29, 1.82) is 0 Å². The molecule has 0 N–H and O–H groups in total. The number of nitrogens with zero attached hydrogens (tertiary/aromatic N) is 2. The third kappa shape index (κ3) is 7.35. The summed E-state index contributed by atoms with van der Waals surface area (Å²) in [6.45, 7) is 9.01. The molecule has 3 aromatic rings. The number of rotatable bonds is 5. The van der Waals surface area contributed by atoms with Gasteiger partial charge >= 0.3 is 5.97 Å². The molecule has 5 heterocycles. The Labute approximate surface area is 307 Å². The Balaban J connectivity index is 1.42. The molecule has 4 bridgehead atoms. The molecule has 274 valence electrons. The van der Waals surface area contributed by atoms with Crippen LogP contribution in [0.4, 0.5) is 0 Å². The lowest BCUT2D eigenvalue weighted by atomic mass is 9.87. The molecule has 1 fully saturated rings. The van der Waals surface area contributed by atoms with Crippen molar-refractivity contribution in [3.63, 3.8) is 0 Å². The molecule has 1 saturated heterocycles. The summed E-state index contributed by atoms with van der Waals surface area (Å²) in [5, 5.41) is 0. The normalized spacial score (nSPS) is 22.4. The SMILES string of the molecule is C=CC1=C2/C=C(\C)Oc3c(OC(=O)C4CCOCC4)c(OC)cc4c3[C@H](Cc3ccc(OC)c(c3)Oc3ccc(cc3)C[C@@H]2N(C)CC1)N(C)CC4. The molecule has 9 heteroatoms. The van der Waals surface area contributed by atoms with Crippen LogP contribution in [-0.2, 0) is 28.8 Å². The molecule has 5 aliphatic heterocycles. The van der Waals surface area contributed by atoms with Crippen LogP contribution in [0.2, 0.25) is 0 Å². The summed E-state index contributed by atoms with van der Waals surface area (Å²) >= 11 is 0. The van der Waals surface area contributed by atoms with Gasteiger partial charge in [0.25, 0.3) is 0 Å². The Hall–Kier alpha value is -4.57. The van der Waals surface area contributed by atoms with Gasteiger partial charge < -0.3 is 28.4 Å². The van der Waals surface area contributed by atoms with E-state index in [0.29, 0.717) is 67.0 Å². The zero-order valence-corrected chi connectivity index (χ0v) is 31.0. The fourth-order valence-electron chi connectivity index (χ4n) is 7.98. The Morgan fingerprint density at radius 2 is 1.56 bits per heavy atom. The number of hydrogen-bond acceptors (Lipinski definition) is 9. The van der Waals surface area contributed by atoms with Gasteiger partial charge in [0.05, 0.1) is 20.1 Å². The molecule has 0 radical (unpaired) electrons. The van der Waals surface area contributed by atoms with Crippen LogP contribution in [0.3, 0.4) is 0 Å². The Morgan fingerprint density at radius 3 is 2.29 bits per heavy atom. The number of ether oxygens (including phenoxy) is 6. The lowest BCUT2D eigenvalue weighted by Gasteiger charge is -2.37. The highest BCUT2D eigenvalue weighted by molar-refractivity contribution is 5.78. The van der Waals surface area contributed by atoms with Crippen LogP contribution in [0.15, 0.2) is 84.2 Å². The van der Waals surface area contributed by atoms with E-state index in [1.165, 1.54) is 11.1 Å². The van der Waals surface area contributed by atoms with E-state index in [2.05, 4.69) is 60.8 Å². The van der Waals surface area contributed by atoms with Crippen LogP contribution < -0.4 is 23.7 Å². The van der Waals surface area contributed by atoms with Crippen LogP contribution >= 0.6 is 0 Å². The lowest BCUT2D eigenvalue weighted by molar-refractivity contribution is -0.142. The summed E-state index contributed by atoms with van der Waals surface area (Å²) in [6.07, 6.45) is 8.47. The predicted octanol–water partition coefficient (Wildman–Crippen LogP) is 7.63. The van der Waals surface area contributed by atoms with E-state index >= 15 is 0 Å². The summed E-state index contributed by atoms with van der Waals surface area (Å²) < 4.78 is 37.1. The number of esters is 1. The largest absolute Gasteiger partial charge is 0.493 e. The van der Waals surface area contributed by atoms with Gasteiger partial charge in [-0.2, -0.15) is 0 Å². The second-order valence-corrected chi connectivity index (χ2v) is 14.3. The fourth-order valence-corrected chi connectivity index (χ4v) is 7.98. The van der Waals surface area contributed by atoms with E-state index in [1.54, 1.807) is 14.2 Å². The highest BCUT2D eigenvalue weighted by atomic mass is 16.6. The van der Waals surface area contributed by atoms with E-state index in [4.69, 9.17) is 28.4 Å². The summed E-state index contributed by atoms with van der Waals surface area (Å²) in [4.78, 5) is 18.5. The van der Waals surface area contributed by atoms with Gasteiger partial charge in [-0.05, 0) is 124 Å². The molecule has 8 rings (SSSR count). The van der Waals surface area contributed by atoms with Crippen LogP contribution in [0.1, 0.15) is 54.5 Å². The number of carbonyl (C=O) groups excluding carboxylic acids is 1. The highest BCUT2D eigenvalue weighted by Crippen LogP contribution is 2.50. The molecule has 0 unspecified atom stereocenters. The maximum Gasteiger partial charge on any atom is 0.314 e. The molecular formula is C43H50N2O7. The molecule has 0 aromatic heterocycles. The number of benzene rings is 3. The molecule has 0 saturated carbocycles. The number of methoxy groups -OCH3 is 2. The van der Waals surface area contributed by atoms with Gasteiger partial charge in [0.2, 0.25) is 5.75 Å². The van der Waals surface area contributed by atoms with E-state index in [9.17, 15) is 4.79 Å². The minimum Gasteiger partial charge on any atom is -0.493 e. The first kappa shape index (κ1) is 35.8.